The third-order valence-electron chi connectivity index (χ3n) is 3.70. The summed E-state index contributed by atoms with van der Waals surface area (Å²) in [5.74, 6) is -1.34. The van der Waals surface area contributed by atoms with E-state index in [1.807, 2.05) is 0 Å². The van der Waals surface area contributed by atoms with Crippen molar-refractivity contribution in [1.29, 1.82) is 0 Å². The highest BCUT2D eigenvalue weighted by atomic mass is 16.6. The first-order chi connectivity index (χ1) is 9.47. The van der Waals surface area contributed by atoms with E-state index >= 15 is 0 Å². The summed E-state index contributed by atoms with van der Waals surface area (Å²) in [6.07, 6.45) is 3.57. The fraction of sp³-hybridized carbons (Fsp3) is 0.462. The molecule has 1 saturated carbocycles. The van der Waals surface area contributed by atoms with Crippen LogP contribution in [0.25, 0.3) is 0 Å². The van der Waals surface area contributed by atoms with E-state index in [4.69, 9.17) is 5.11 Å². The highest BCUT2D eigenvalue weighted by Gasteiger charge is 2.33. The second-order valence-corrected chi connectivity index (χ2v) is 5.06. The van der Waals surface area contributed by atoms with Gasteiger partial charge in [0, 0.05) is 11.8 Å². The summed E-state index contributed by atoms with van der Waals surface area (Å²) in [5, 5.41) is 32.5. The molecule has 1 fully saturated rings. The monoisotopic (exact) mass is 280 g/mol. The third kappa shape index (κ3) is 2.72. The molecule has 0 radical (unpaired) electrons. The molecule has 0 amide bonds. The van der Waals surface area contributed by atoms with Crippen LogP contribution in [0.3, 0.4) is 0 Å². The largest absolute Gasteiger partial charge is 0.477 e. The van der Waals surface area contributed by atoms with Gasteiger partial charge in [-0.25, -0.2) is 4.79 Å². The number of nitrogens with one attached hydrogen (secondary N) is 1. The molecule has 1 aromatic carbocycles. The van der Waals surface area contributed by atoms with Gasteiger partial charge >= 0.3 is 5.97 Å². The fourth-order valence-corrected chi connectivity index (χ4v) is 2.62. The summed E-state index contributed by atoms with van der Waals surface area (Å²) in [4.78, 5) is 21.1. The average molecular weight is 280 g/mol. The van der Waals surface area contributed by atoms with Crippen LogP contribution in [0.2, 0.25) is 0 Å². The maximum atomic E-state index is 11.1. The molecule has 1 aliphatic rings. The first-order valence-corrected chi connectivity index (χ1v) is 6.38. The number of nitrogens with zero attached hydrogens (tertiary/aromatic N) is 1. The molecule has 1 aromatic rings. The maximum absolute atomic E-state index is 11.1. The molecule has 108 valence electrons. The Balaban J connectivity index is 2.31. The van der Waals surface area contributed by atoms with Gasteiger partial charge in [0.1, 0.15) is 5.56 Å². The summed E-state index contributed by atoms with van der Waals surface area (Å²) in [5.41, 5.74) is -0.770. The number of nitro groups is 1. The summed E-state index contributed by atoms with van der Waals surface area (Å²) in [6.45, 7) is -0.0492. The molecule has 0 atom stereocenters. The van der Waals surface area contributed by atoms with Gasteiger partial charge in [-0.3, -0.25) is 10.1 Å². The van der Waals surface area contributed by atoms with Crippen LogP contribution in [0.1, 0.15) is 36.0 Å². The first-order valence-electron chi connectivity index (χ1n) is 6.38. The van der Waals surface area contributed by atoms with E-state index in [1.54, 1.807) is 0 Å². The zero-order valence-electron chi connectivity index (χ0n) is 10.8. The third-order valence-corrected chi connectivity index (χ3v) is 3.70. The first kappa shape index (κ1) is 14.3. The van der Waals surface area contributed by atoms with Crippen molar-refractivity contribution in [3.05, 3.63) is 33.9 Å². The molecule has 3 N–H and O–H groups in total. The van der Waals surface area contributed by atoms with Gasteiger partial charge in [-0.05, 0) is 25.0 Å². The molecule has 0 bridgehead atoms. The summed E-state index contributed by atoms with van der Waals surface area (Å²) in [6, 6.07) is 3.89. The minimum Gasteiger partial charge on any atom is -0.477 e. The lowest BCUT2D eigenvalue weighted by Gasteiger charge is -2.29. The topological polar surface area (TPSA) is 113 Å². The number of carboxylic acids is 1. The number of carbonyl (C=O) groups is 1. The van der Waals surface area contributed by atoms with Crippen LogP contribution in [0, 0.1) is 10.1 Å². The van der Waals surface area contributed by atoms with Gasteiger partial charge in [-0.2, -0.15) is 0 Å². The normalized spacial score (nSPS) is 16.9. The lowest BCUT2D eigenvalue weighted by Crippen LogP contribution is -2.39. The maximum Gasteiger partial charge on any atom is 0.342 e. The Morgan fingerprint density at radius 3 is 2.55 bits per heavy atom. The molecule has 2 rings (SSSR count). The fourth-order valence-electron chi connectivity index (χ4n) is 2.62. The Morgan fingerprint density at radius 2 is 2.05 bits per heavy atom. The zero-order valence-corrected chi connectivity index (χ0v) is 10.8. The second kappa shape index (κ2) is 5.46. The van der Waals surface area contributed by atoms with E-state index in [0.717, 1.165) is 25.7 Å². The van der Waals surface area contributed by atoms with Crippen LogP contribution >= 0.6 is 0 Å². The Morgan fingerprint density at radius 1 is 1.40 bits per heavy atom. The van der Waals surface area contributed by atoms with Crippen molar-refractivity contribution < 1.29 is 19.9 Å². The molecular formula is C13H16N2O5. The Labute approximate surface area is 115 Å². The molecule has 7 heteroatoms. The van der Waals surface area contributed by atoms with E-state index in [2.05, 4.69) is 5.32 Å². The number of carboxylic acid groups (broad SMARTS) is 1. The number of anilines is 1. The van der Waals surface area contributed by atoms with Crippen molar-refractivity contribution >= 4 is 17.3 Å². The van der Waals surface area contributed by atoms with Crippen LogP contribution in [-0.2, 0) is 0 Å². The van der Waals surface area contributed by atoms with Crippen molar-refractivity contribution in [2.45, 2.75) is 31.2 Å². The van der Waals surface area contributed by atoms with Crippen molar-refractivity contribution in [3.8, 4) is 0 Å². The molecule has 7 nitrogen and oxygen atoms in total. The molecule has 0 aromatic heterocycles. The Kier molecular flexibility index (Phi) is 3.89. The van der Waals surface area contributed by atoms with Gasteiger partial charge in [0.05, 0.1) is 17.1 Å². The number of benzene rings is 1. The van der Waals surface area contributed by atoms with Crippen molar-refractivity contribution in [2.24, 2.45) is 0 Å². The number of nitro benzene ring substituents is 1. The lowest BCUT2D eigenvalue weighted by molar-refractivity contribution is -0.385. The average Bonchev–Trinajstić information content (AvgIpc) is 2.87. The number of hydrogen-bond donors (Lipinski definition) is 3. The van der Waals surface area contributed by atoms with E-state index in [0.29, 0.717) is 5.69 Å². The highest BCUT2D eigenvalue weighted by Crippen LogP contribution is 2.34. The van der Waals surface area contributed by atoms with Gasteiger partial charge in [0.15, 0.2) is 0 Å². The van der Waals surface area contributed by atoms with Crippen molar-refractivity contribution in [3.63, 3.8) is 0 Å². The van der Waals surface area contributed by atoms with Crippen LogP contribution in [-0.4, -0.2) is 33.3 Å². The summed E-state index contributed by atoms with van der Waals surface area (Å²) in [7, 11) is 0. The van der Waals surface area contributed by atoms with Gasteiger partial charge in [0.2, 0.25) is 0 Å². The minimum absolute atomic E-state index is 0.0492. The molecule has 0 unspecified atom stereocenters. The summed E-state index contributed by atoms with van der Waals surface area (Å²) >= 11 is 0. The van der Waals surface area contributed by atoms with Crippen molar-refractivity contribution in [1.82, 2.24) is 0 Å². The van der Waals surface area contributed by atoms with E-state index in [9.17, 15) is 20.0 Å². The van der Waals surface area contributed by atoms with Gasteiger partial charge in [0.25, 0.3) is 5.69 Å². The molecule has 0 aliphatic heterocycles. The number of aliphatic hydroxyl groups is 1. The number of aliphatic hydroxyl groups excluding tert-OH is 1. The predicted molar refractivity (Wildman–Crippen MR) is 72.0 cm³/mol. The highest BCUT2D eigenvalue weighted by molar-refractivity contribution is 5.93. The SMILES string of the molecule is O=C(O)c1cc(NC2(CO)CCCC2)ccc1[N+](=O)[O-]. The minimum atomic E-state index is -1.34. The smallest absolute Gasteiger partial charge is 0.342 e. The molecule has 0 heterocycles. The Bertz CT molecular complexity index is 538. The van der Waals surface area contributed by atoms with Crippen LogP contribution in [0.15, 0.2) is 18.2 Å². The quantitative estimate of drug-likeness (QED) is 0.561. The standard InChI is InChI=1S/C13H16N2O5/c16-8-13(5-1-2-6-13)14-9-3-4-11(15(19)20)10(7-9)12(17)18/h3-4,7,14,16H,1-2,5-6,8H2,(H,17,18). The number of aromatic carboxylic acids is 1. The molecule has 1 aliphatic carbocycles. The molecule has 20 heavy (non-hydrogen) atoms. The van der Waals surface area contributed by atoms with E-state index in [1.165, 1.54) is 18.2 Å². The van der Waals surface area contributed by atoms with Crippen molar-refractivity contribution in [2.75, 3.05) is 11.9 Å². The van der Waals surface area contributed by atoms with E-state index in [-0.39, 0.29) is 12.2 Å². The van der Waals surface area contributed by atoms with Crippen LogP contribution in [0.4, 0.5) is 11.4 Å². The van der Waals surface area contributed by atoms with Gasteiger partial charge in [-0.1, -0.05) is 12.8 Å². The molecule has 0 saturated heterocycles. The van der Waals surface area contributed by atoms with Gasteiger partial charge < -0.3 is 15.5 Å². The van der Waals surface area contributed by atoms with Gasteiger partial charge in [-0.15, -0.1) is 0 Å². The summed E-state index contributed by atoms with van der Waals surface area (Å²) < 4.78 is 0. The second-order valence-electron chi connectivity index (χ2n) is 5.06. The lowest BCUT2D eigenvalue weighted by atomic mass is 9.98. The Hall–Kier alpha value is -2.15. The van der Waals surface area contributed by atoms with Crippen LogP contribution in [0.5, 0.6) is 0 Å². The zero-order chi connectivity index (χ0) is 14.8. The van der Waals surface area contributed by atoms with Crippen LogP contribution < -0.4 is 5.32 Å². The molecule has 0 spiro atoms. The number of hydrogen-bond acceptors (Lipinski definition) is 5. The predicted octanol–water partition coefficient (Wildman–Crippen LogP) is 2.01. The van der Waals surface area contributed by atoms with E-state index < -0.39 is 22.1 Å². The number of rotatable bonds is 5. The molecular weight excluding hydrogens is 264 g/mol.